The lowest BCUT2D eigenvalue weighted by atomic mass is 10.1. The van der Waals surface area contributed by atoms with Crippen molar-refractivity contribution in [2.45, 2.75) is 19.9 Å². The number of hydrogen-bond donors (Lipinski definition) is 3. The van der Waals surface area contributed by atoms with E-state index in [9.17, 15) is 0 Å². The maximum atomic E-state index is 4.85. The van der Waals surface area contributed by atoms with Gasteiger partial charge in [0.05, 0.1) is 27.9 Å². The highest BCUT2D eigenvalue weighted by molar-refractivity contribution is 5.91. The molecular formula is C21H19N7. The summed E-state index contributed by atoms with van der Waals surface area (Å²) in [6.07, 6.45) is 3.64. The number of H-pyrrole nitrogens is 2. The van der Waals surface area contributed by atoms with Crippen LogP contribution in [0, 0.1) is 0 Å². The van der Waals surface area contributed by atoms with Gasteiger partial charge in [-0.1, -0.05) is 12.1 Å². The third-order valence-corrected chi connectivity index (χ3v) is 4.51. The molecule has 0 saturated heterocycles. The number of aromatic nitrogens is 6. The molecule has 3 N–H and O–H groups in total. The van der Waals surface area contributed by atoms with E-state index in [1.807, 2.05) is 48.8 Å². The molecule has 0 unspecified atom stereocenters. The summed E-state index contributed by atoms with van der Waals surface area (Å²) in [6, 6.07) is 14.3. The summed E-state index contributed by atoms with van der Waals surface area (Å²) in [6.45, 7) is 4.20. The molecule has 0 aliphatic heterocycles. The second-order valence-corrected chi connectivity index (χ2v) is 7.03. The second kappa shape index (κ2) is 6.45. The smallest absolute Gasteiger partial charge is 0.161 e. The molecule has 0 radical (unpaired) electrons. The molecule has 0 spiro atoms. The van der Waals surface area contributed by atoms with Crippen molar-refractivity contribution in [2.75, 3.05) is 5.32 Å². The third kappa shape index (κ3) is 2.87. The Labute approximate surface area is 161 Å². The fourth-order valence-electron chi connectivity index (χ4n) is 3.28. The fourth-order valence-corrected chi connectivity index (χ4v) is 3.28. The number of aromatic amines is 2. The van der Waals surface area contributed by atoms with E-state index < -0.39 is 0 Å². The van der Waals surface area contributed by atoms with Crippen LogP contribution in [-0.2, 0) is 0 Å². The van der Waals surface area contributed by atoms with Crippen molar-refractivity contribution in [3.8, 4) is 22.8 Å². The summed E-state index contributed by atoms with van der Waals surface area (Å²) in [5.74, 6) is 0.699. The first-order chi connectivity index (χ1) is 13.7. The Morgan fingerprint density at radius 3 is 2.71 bits per heavy atom. The highest BCUT2D eigenvalue weighted by Crippen LogP contribution is 2.28. The van der Waals surface area contributed by atoms with E-state index >= 15 is 0 Å². The predicted octanol–water partition coefficient (Wildman–Crippen LogP) is 4.38. The quantitative estimate of drug-likeness (QED) is 0.437. The molecule has 7 heteroatoms. The zero-order valence-corrected chi connectivity index (χ0v) is 15.6. The van der Waals surface area contributed by atoms with Crippen LogP contribution in [-0.4, -0.2) is 36.2 Å². The number of benzene rings is 1. The van der Waals surface area contributed by atoms with Crippen LogP contribution in [0.15, 0.2) is 54.9 Å². The third-order valence-electron chi connectivity index (χ3n) is 4.51. The van der Waals surface area contributed by atoms with E-state index in [1.54, 1.807) is 0 Å². The van der Waals surface area contributed by atoms with Gasteiger partial charge in [0, 0.05) is 24.0 Å². The van der Waals surface area contributed by atoms with E-state index in [2.05, 4.69) is 50.4 Å². The first-order valence-corrected chi connectivity index (χ1v) is 9.19. The van der Waals surface area contributed by atoms with Crippen molar-refractivity contribution in [2.24, 2.45) is 0 Å². The van der Waals surface area contributed by atoms with Crippen LogP contribution in [0.1, 0.15) is 13.8 Å². The maximum absolute atomic E-state index is 4.85. The SMILES string of the molecule is CC(C)Nc1cncc(-c2ccc3[nH]nc(-c4nc5ccccc5[nH]4)c3n2)c1. The fraction of sp³-hybridized carbons (Fsp3) is 0.143. The number of imidazole rings is 1. The van der Waals surface area contributed by atoms with Gasteiger partial charge < -0.3 is 10.3 Å². The highest BCUT2D eigenvalue weighted by Gasteiger charge is 2.15. The summed E-state index contributed by atoms with van der Waals surface area (Å²) in [7, 11) is 0. The summed E-state index contributed by atoms with van der Waals surface area (Å²) in [4.78, 5) is 17.2. The number of anilines is 1. The van der Waals surface area contributed by atoms with Crippen LogP contribution in [0.25, 0.3) is 44.8 Å². The molecule has 138 valence electrons. The monoisotopic (exact) mass is 369 g/mol. The molecule has 28 heavy (non-hydrogen) atoms. The van der Waals surface area contributed by atoms with Gasteiger partial charge in [0.2, 0.25) is 0 Å². The Bertz CT molecular complexity index is 1250. The van der Waals surface area contributed by atoms with Gasteiger partial charge >= 0.3 is 0 Å². The first-order valence-electron chi connectivity index (χ1n) is 9.19. The van der Waals surface area contributed by atoms with Gasteiger partial charge in [-0.05, 0) is 44.2 Å². The van der Waals surface area contributed by atoms with Crippen LogP contribution < -0.4 is 5.32 Å². The van der Waals surface area contributed by atoms with Crippen LogP contribution in [0.3, 0.4) is 0 Å². The molecule has 0 aliphatic carbocycles. The van der Waals surface area contributed by atoms with Gasteiger partial charge in [0.15, 0.2) is 11.5 Å². The molecule has 4 aromatic heterocycles. The summed E-state index contributed by atoms with van der Waals surface area (Å²) in [5, 5.41) is 10.9. The average molecular weight is 369 g/mol. The van der Waals surface area contributed by atoms with E-state index in [0.717, 1.165) is 39.0 Å². The van der Waals surface area contributed by atoms with Crippen molar-refractivity contribution in [3.63, 3.8) is 0 Å². The molecular weight excluding hydrogens is 350 g/mol. The first kappa shape index (κ1) is 16.4. The maximum Gasteiger partial charge on any atom is 0.161 e. The van der Waals surface area contributed by atoms with E-state index in [1.165, 1.54) is 0 Å². The Morgan fingerprint density at radius 1 is 0.964 bits per heavy atom. The molecule has 0 aliphatic rings. The summed E-state index contributed by atoms with van der Waals surface area (Å²) in [5.41, 5.74) is 6.98. The van der Waals surface area contributed by atoms with Crippen molar-refractivity contribution in [3.05, 3.63) is 54.9 Å². The van der Waals surface area contributed by atoms with Crippen LogP contribution in [0.5, 0.6) is 0 Å². The van der Waals surface area contributed by atoms with E-state index in [-0.39, 0.29) is 0 Å². The predicted molar refractivity (Wildman–Crippen MR) is 111 cm³/mol. The highest BCUT2D eigenvalue weighted by atomic mass is 15.1. The zero-order valence-electron chi connectivity index (χ0n) is 15.6. The Kier molecular flexibility index (Phi) is 3.79. The van der Waals surface area contributed by atoms with Crippen molar-refractivity contribution >= 4 is 27.8 Å². The van der Waals surface area contributed by atoms with E-state index in [0.29, 0.717) is 17.6 Å². The minimum Gasteiger partial charge on any atom is -0.382 e. The van der Waals surface area contributed by atoms with E-state index in [4.69, 9.17) is 4.98 Å². The number of hydrogen-bond acceptors (Lipinski definition) is 5. The van der Waals surface area contributed by atoms with Gasteiger partial charge in [0.1, 0.15) is 5.52 Å². The lowest BCUT2D eigenvalue weighted by Gasteiger charge is -2.10. The molecule has 5 rings (SSSR count). The molecule has 0 fully saturated rings. The average Bonchev–Trinajstić information content (AvgIpc) is 3.30. The molecule has 0 amide bonds. The van der Waals surface area contributed by atoms with Gasteiger partial charge in [-0.3, -0.25) is 10.1 Å². The van der Waals surface area contributed by atoms with Crippen LogP contribution >= 0.6 is 0 Å². The lowest BCUT2D eigenvalue weighted by Crippen LogP contribution is -2.09. The Balaban J connectivity index is 1.60. The minimum absolute atomic E-state index is 0.334. The van der Waals surface area contributed by atoms with Crippen molar-refractivity contribution in [1.82, 2.24) is 30.1 Å². The molecule has 0 saturated carbocycles. The number of fused-ring (bicyclic) bond motifs is 2. The largest absolute Gasteiger partial charge is 0.382 e. The summed E-state index contributed by atoms with van der Waals surface area (Å²) >= 11 is 0. The lowest BCUT2D eigenvalue weighted by molar-refractivity contribution is 0.898. The van der Waals surface area contributed by atoms with Crippen molar-refractivity contribution in [1.29, 1.82) is 0 Å². The second-order valence-electron chi connectivity index (χ2n) is 7.03. The molecule has 0 atom stereocenters. The normalized spacial score (nSPS) is 11.5. The van der Waals surface area contributed by atoms with Gasteiger partial charge in [-0.2, -0.15) is 5.10 Å². The number of rotatable bonds is 4. The minimum atomic E-state index is 0.334. The Hall–Kier alpha value is -3.74. The van der Waals surface area contributed by atoms with Gasteiger partial charge in [0.25, 0.3) is 0 Å². The van der Waals surface area contributed by atoms with Crippen LogP contribution in [0.2, 0.25) is 0 Å². The zero-order chi connectivity index (χ0) is 19.1. The number of nitrogens with one attached hydrogen (secondary N) is 3. The molecule has 1 aromatic carbocycles. The van der Waals surface area contributed by atoms with Gasteiger partial charge in [-0.15, -0.1) is 0 Å². The molecule has 0 bridgehead atoms. The number of nitrogens with zero attached hydrogens (tertiary/aromatic N) is 4. The number of para-hydroxylation sites is 2. The topological polar surface area (TPSA) is 95.2 Å². The molecule has 4 heterocycles. The van der Waals surface area contributed by atoms with Gasteiger partial charge in [-0.25, -0.2) is 9.97 Å². The Morgan fingerprint density at radius 2 is 1.86 bits per heavy atom. The summed E-state index contributed by atoms with van der Waals surface area (Å²) < 4.78 is 0. The number of pyridine rings is 2. The van der Waals surface area contributed by atoms with Crippen LogP contribution in [0.4, 0.5) is 5.69 Å². The molecule has 7 nitrogen and oxygen atoms in total. The molecule has 5 aromatic rings. The standard InChI is InChI=1S/C21H19N7/c1-12(2)23-14-9-13(10-22-11-14)15-7-8-18-19(24-15)20(28-27-18)21-25-16-5-3-4-6-17(16)26-21/h3-12,23H,1-2H3,(H,25,26)(H,27,28). The van der Waals surface area contributed by atoms with Crippen molar-refractivity contribution < 1.29 is 0 Å².